The number of benzene rings is 1. The van der Waals surface area contributed by atoms with Crippen LogP contribution in [0.15, 0.2) is 40.9 Å². The highest BCUT2D eigenvalue weighted by Gasteiger charge is 2.23. The van der Waals surface area contributed by atoms with E-state index >= 15 is 0 Å². The fraction of sp³-hybridized carbons (Fsp3) is 0.360. The highest BCUT2D eigenvalue weighted by atomic mass is 16.3. The van der Waals surface area contributed by atoms with E-state index in [-0.39, 0.29) is 5.41 Å². The Hall–Kier alpha value is -2.68. The van der Waals surface area contributed by atoms with Crippen molar-refractivity contribution >= 4 is 22.1 Å². The third kappa shape index (κ3) is 3.19. The Bertz CT molecular complexity index is 1210. The number of furan rings is 1. The second-order valence-corrected chi connectivity index (χ2v) is 9.26. The first-order chi connectivity index (χ1) is 13.1. The van der Waals surface area contributed by atoms with Crippen molar-refractivity contribution in [2.75, 3.05) is 0 Å². The Kier molecular flexibility index (Phi) is 4.29. The monoisotopic (exact) mass is 373 g/mol. The van der Waals surface area contributed by atoms with Gasteiger partial charge in [-0.15, -0.1) is 0 Å². The molecule has 4 rings (SSSR count). The normalized spacial score (nSPS) is 12.2. The number of aryl methyl sites for hydroxylation is 4. The summed E-state index contributed by atoms with van der Waals surface area (Å²) in [5.41, 5.74) is 9.12. The second-order valence-electron chi connectivity index (χ2n) is 9.26. The molecule has 1 aromatic carbocycles. The smallest absolute Gasteiger partial charge is 0.227 e. The number of hydrogen-bond acceptors (Lipinski definition) is 2. The van der Waals surface area contributed by atoms with Crippen LogP contribution in [0, 0.1) is 26.2 Å². The largest absolute Gasteiger partial charge is 0.437 e. The predicted molar refractivity (Wildman–Crippen MR) is 115 cm³/mol. The first-order valence-corrected chi connectivity index (χ1v) is 9.93. The van der Waals surface area contributed by atoms with Gasteiger partial charge in [0.05, 0.1) is 5.56 Å². The fourth-order valence-corrected chi connectivity index (χ4v) is 4.04. The van der Waals surface area contributed by atoms with Crippen LogP contribution in [0.3, 0.4) is 0 Å². The molecule has 28 heavy (non-hydrogen) atoms. The van der Waals surface area contributed by atoms with Crippen LogP contribution in [0.4, 0.5) is 0 Å². The molecule has 0 aliphatic rings. The van der Waals surface area contributed by atoms with E-state index in [1.165, 1.54) is 22.4 Å². The maximum atomic E-state index is 6.28. The molecule has 3 heterocycles. The van der Waals surface area contributed by atoms with E-state index in [1.807, 2.05) is 13.0 Å². The average Bonchev–Trinajstić information content (AvgIpc) is 2.94. The van der Waals surface area contributed by atoms with E-state index < -0.39 is 0 Å². The zero-order chi connectivity index (χ0) is 20.2. The predicted octanol–water partition coefficient (Wildman–Crippen LogP) is 5.99. The molecule has 0 atom stereocenters. The molecule has 0 saturated heterocycles. The van der Waals surface area contributed by atoms with Crippen molar-refractivity contribution in [3.63, 3.8) is 0 Å². The zero-order valence-corrected chi connectivity index (χ0v) is 18.0. The lowest BCUT2D eigenvalue weighted by Crippen LogP contribution is -2.32. The van der Waals surface area contributed by atoms with Crippen LogP contribution in [0.25, 0.3) is 33.3 Å². The molecule has 0 saturated carbocycles. The summed E-state index contributed by atoms with van der Waals surface area (Å²) in [7, 11) is 2.13. The lowest BCUT2D eigenvalue weighted by molar-refractivity contribution is -0.660. The summed E-state index contributed by atoms with van der Waals surface area (Å²) >= 11 is 0. The molecule has 0 unspecified atom stereocenters. The molecule has 144 valence electrons. The van der Waals surface area contributed by atoms with Gasteiger partial charge in [0.2, 0.25) is 11.4 Å². The lowest BCUT2D eigenvalue weighted by atomic mass is 9.86. The van der Waals surface area contributed by atoms with Crippen molar-refractivity contribution in [1.29, 1.82) is 0 Å². The molecule has 0 spiro atoms. The molecule has 3 heteroatoms. The second kappa shape index (κ2) is 6.44. The summed E-state index contributed by atoms with van der Waals surface area (Å²) in [6, 6.07) is 10.8. The van der Waals surface area contributed by atoms with Gasteiger partial charge >= 0.3 is 0 Å². The first-order valence-electron chi connectivity index (χ1n) is 9.93. The Morgan fingerprint density at radius 1 is 0.964 bits per heavy atom. The van der Waals surface area contributed by atoms with Gasteiger partial charge in [0.1, 0.15) is 7.05 Å². The minimum absolute atomic E-state index is 0.261. The lowest BCUT2D eigenvalue weighted by Gasteiger charge is -2.19. The maximum absolute atomic E-state index is 6.28. The van der Waals surface area contributed by atoms with Crippen LogP contribution >= 0.6 is 0 Å². The van der Waals surface area contributed by atoms with E-state index in [0.29, 0.717) is 5.71 Å². The maximum Gasteiger partial charge on any atom is 0.227 e. The van der Waals surface area contributed by atoms with Crippen LogP contribution in [0.5, 0.6) is 0 Å². The first kappa shape index (κ1) is 18.7. The highest BCUT2D eigenvalue weighted by molar-refractivity contribution is 6.08. The molecule has 0 aliphatic heterocycles. The fourth-order valence-electron chi connectivity index (χ4n) is 4.04. The van der Waals surface area contributed by atoms with Gasteiger partial charge in [-0.25, -0.2) is 9.55 Å². The summed E-state index contributed by atoms with van der Waals surface area (Å²) in [4.78, 5) is 4.60. The molecule has 0 aliphatic carbocycles. The summed E-state index contributed by atoms with van der Waals surface area (Å²) in [5, 5.41) is 2.20. The molecule has 0 bridgehead atoms. The molecule has 0 fully saturated rings. The molecule has 0 radical (unpaired) electrons. The van der Waals surface area contributed by atoms with E-state index in [4.69, 9.17) is 4.42 Å². The number of aromatic nitrogens is 2. The van der Waals surface area contributed by atoms with Crippen LogP contribution in [0.2, 0.25) is 0 Å². The highest BCUT2D eigenvalue weighted by Crippen LogP contribution is 2.37. The van der Waals surface area contributed by atoms with E-state index in [9.17, 15) is 0 Å². The Balaban J connectivity index is 1.97. The van der Waals surface area contributed by atoms with Gasteiger partial charge in [-0.1, -0.05) is 32.9 Å². The van der Waals surface area contributed by atoms with Gasteiger partial charge in [-0.2, -0.15) is 0 Å². The Morgan fingerprint density at radius 3 is 2.39 bits per heavy atom. The van der Waals surface area contributed by atoms with Crippen molar-refractivity contribution in [2.45, 2.75) is 48.0 Å². The van der Waals surface area contributed by atoms with Gasteiger partial charge in [0.15, 0.2) is 11.8 Å². The molecular weight excluding hydrogens is 344 g/mol. The third-order valence-electron chi connectivity index (χ3n) is 5.42. The number of hydrogen-bond donors (Lipinski definition) is 0. The van der Waals surface area contributed by atoms with E-state index in [0.717, 1.165) is 34.0 Å². The summed E-state index contributed by atoms with van der Waals surface area (Å²) in [6.45, 7) is 13.2. The summed E-state index contributed by atoms with van der Waals surface area (Å²) in [6.07, 6.45) is 3.34. The van der Waals surface area contributed by atoms with Crippen LogP contribution in [-0.2, 0) is 13.5 Å². The number of rotatable bonds is 2. The van der Waals surface area contributed by atoms with Gasteiger partial charge in [-0.05, 0) is 55.9 Å². The zero-order valence-electron chi connectivity index (χ0n) is 18.0. The molecule has 3 aromatic heterocycles. The van der Waals surface area contributed by atoms with Gasteiger partial charge in [0, 0.05) is 28.1 Å². The van der Waals surface area contributed by atoms with Crippen molar-refractivity contribution in [2.24, 2.45) is 12.5 Å². The summed E-state index contributed by atoms with van der Waals surface area (Å²) in [5.74, 6) is 0. The molecule has 3 nitrogen and oxygen atoms in total. The van der Waals surface area contributed by atoms with Crippen LogP contribution in [-0.4, -0.2) is 4.98 Å². The average molecular weight is 374 g/mol. The standard InChI is InChI=1S/C25H29N2O/c1-15-8-10-19-20-11-9-17(3)26-24(20)28-23(19)22(15)21-12-16(2)18(14-27(21)7)13-25(4,5)6/h8-12,14H,13H2,1-7H3/q+1. The quantitative estimate of drug-likeness (QED) is 0.404. The SMILES string of the molecule is Cc1ccc2c(n1)oc1c(-c3cc(C)c(CC(C)(C)C)c[n+]3C)c(C)ccc12. The van der Waals surface area contributed by atoms with Gasteiger partial charge in [-0.3, -0.25) is 0 Å². The number of fused-ring (bicyclic) bond motifs is 3. The minimum Gasteiger partial charge on any atom is -0.437 e. The van der Waals surface area contributed by atoms with E-state index in [1.54, 1.807) is 0 Å². The number of nitrogens with zero attached hydrogens (tertiary/aromatic N) is 2. The molecule has 4 aromatic rings. The van der Waals surface area contributed by atoms with Crippen LogP contribution < -0.4 is 4.57 Å². The van der Waals surface area contributed by atoms with Gasteiger partial charge < -0.3 is 4.42 Å². The van der Waals surface area contributed by atoms with Crippen molar-refractivity contribution in [3.8, 4) is 11.3 Å². The Labute approximate surface area is 167 Å². The topological polar surface area (TPSA) is 29.9 Å². The Morgan fingerprint density at radius 2 is 1.68 bits per heavy atom. The van der Waals surface area contributed by atoms with Gasteiger partial charge in [0.25, 0.3) is 0 Å². The van der Waals surface area contributed by atoms with Crippen LogP contribution in [0.1, 0.15) is 43.2 Å². The van der Waals surface area contributed by atoms with Crippen molar-refractivity contribution < 1.29 is 8.98 Å². The van der Waals surface area contributed by atoms with Crippen molar-refractivity contribution in [1.82, 2.24) is 4.98 Å². The van der Waals surface area contributed by atoms with E-state index in [2.05, 4.69) is 81.7 Å². The number of pyridine rings is 2. The van der Waals surface area contributed by atoms with Crippen molar-refractivity contribution in [3.05, 3.63) is 58.9 Å². The summed E-state index contributed by atoms with van der Waals surface area (Å²) < 4.78 is 8.52. The third-order valence-corrected chi connectivity index (χ3v) is 5.42. The minimum atomic E-state index is 0.261. The molecule has 0 N–H and O–H groups in total. The molecule has 0 amide bonds. The molecular formula is C25H29N2O+.